The van der Waals surface area contributed by atoms with Gasteiger partial charge in [0.15, 0.2) is 0 Å². The summed E-state index contributed by atoms with van der Waals surface area (Å²) in [6.07, 6.45) is 0. The van der Waals surface area contributed by atoms with Crippen molar-refractivity contribution >= 4 is 35.9 Å². The summed E-state index contributed by atoms with van der Waals surface area (Å²) in [6, 6.07) is 3.81. The van der Waals surface area contributed by atoms with Crippen LogP contribution in [0.2, 0.25) is 0 Å². The van der Waals surface area contributed by atoms with Crippen molar-refractivity contribution in [3.05, 3.63) is 55.4 Å². The van der Waals surface area contributed by atoms with Crippen LogP contribution in [-0.2, 0) is 9.31 Å². The predicted octanol–water partition coefficient (Wildman–Crippen LogP) is 0.819. The average Bonchev–Trinajstić information content (AvgIpc) is 3.06. The van der Waals surface area contributed by atoms with Gasteiger partial charge < -0.3 is 15.0 Å². The number of nitrogen functional groups attached to an aromatic ring is 1. The zero-order chi connectivity index (χ0) is 23.7. The van der Waals surface area contributed by atoms with E-state index in [1.54, 1.807) is 13.0 Å². The van der Waals surface area contributed by atoms with Gasteiger partial charge in [-0.05, 0) is 45.6 Å². The van der Waals surface area contributed by atoms with Gasteiger partial charge in [0.25, 0.3) is 23.1 Å². The Balaban J connectivity index is 1.93. The lowest BCUT2D eigenvalue weighted by atomic mass is 9.78. The van der Waals surface area contributed by atoms with E-state index in [9.17, 15) is 24.5 Å². The normalized spacial score (nSPS) is 18.6. The molecule has 11 nitrogen and oxygen atoms in total. The van der Waals surface area contributed by atoms with Crippen LogP contribution in [0, 0.1) is 17.0 Å². The van der Waals surface area contributed by atoms with E-state index < -0.39 is 46.3 Å². The summed E-state index contributed by atoms with van der Waals surface area (Å²) in [7, 11) is -0.857. The molecule has 2 aromatic rings. The summed E-state index contributed by atoms with van der Waals surface area (Å²) in [6.45, 7) is 9.01. The van der Waals surface area contributed by atoms with Crippen LogP contribution in [0.25, 0.3) is 5.69 Å². The van der Waals surface area contributed by atoms with Crippen molar-refractivity contribution in [2.75, 3.05) is 5.73 Å². The number of imide groups is 1. The Labute approximate surface area is 182 Å². The number of nitrogens with zero attached hydrogens (tertiary/aromatic N) is 2. The maximum absolute atomic E-state index is 12.8. The van der Waals surface area contributed by atoms with Gasteiger partial charge in [-0.15, -0.1) is 0 Å². The molecule has 166 valence electrons. The molecular weight excluding hydrogens is 419 g/mol. The van der Waals surface area contributed by atoms with Crippen molar-refractivity contribution in [3.8, 4) is 5.69 Å². The van der Waals surface area contributed by atoms with Gasteiger partial charge in [-0.3, -0.25) is 34.4 Å². The minimum Gasteiger partial charge on any atom is -0.399 e. The van der Waals surface area contributed by atoms with Crippen LogP contribution in [0.1, 0.15) is 54.0 Å². The number of nitro benzene ring substituents is 1. The fraction of sp³-hybridized carbons (Fsp3) is 0.350. The molecule has 0 bridgehead atoms. The molecule has 2 aliphatic heterocycles. The second-order valence-corrected chi connectivity index (χ2v) is 8.83. The van der Waals surface area contributed by atoms with E-state index in [-0.39, 0.29) is 22.6 Å². The van der Waals surface area contributed by atoms with Gasteiger partial charge in [0.2, 0.25) is 0 Å². The number of nitrogens with two attached hydrogens (primary N) is 1. The summed E-state index contributed by atoms with van der Waals surface area (Å²) in [4.78, 5) is 48.2. The van der Waals surface area contributed by atoms with Crippen molar-refractivity contribution in [1.29, 1.82) is 0 Å². The number of pyridine rings is 1. The monoisotopic (exact) mass is 440 g/mol. The largest absolute Gasteiger partial charge is 0.495 e. The Bertz CT molecular complexity index is 1270. The van der Waals surface area contributed by atoms with E-state index in [2.05, 4.69) is 5.32 Å². The van der Waals surface area contributed by atoms with Gasteiger partial charge in [-0.25, -0.2) is 0 Å². The zero-order valence-corrected chi connectivity index (χ0v) is 18.1. The number of hydrogen-bond donors (Lipinski definition) is 2. The van der Waals surface area contributed by atoms with Crippen LogP contribution >= 0.6 is 0 Å². The number of nitro groups is 1. The predicted molar refractivity (Wildman–Crippen MR) is 115 cm³/mol. The molecule has 0 saturated carbocycles. The summed E-state index contributed by atoms with van der Waals surface area (Å²) in [5.74, 6) is -1.88. The van der Waals surface area contributed by atoms with E-state index in [4.69, 9.17) is 15.0 Å². The van der Waals surface area contributed by atoms with Crippen molar-refractivity contribution in [3.63, 3.8) is 0 Å². The lowest BCUT2D eigenvalue weighted by molar-refractivity contribution is -0.384. The number of aromatic nitrogens is 1. The van der Waals surface area contributed by atoms with E-state index in [0.717, 1.165) is 10.6 Å². The third-order valence-electron chi connectivity index (χ3n) is 6.20. The third-order valence-corrected chi connectivity index (χ3v) is 6.20. The van der Waals surface area contributed by atoms with Crippen molar-refractivity contribution in [2.24, 2.45) is 0 Å². The number of nitrogens with one attached hydrogen (secondary N) is 1. The van der Waals surface area contributed by atoms with Gasteiger partial charge in [0.05, 0.1) is 27.3 Å². The first-order valence-corrected chi connectivity index (χ1v) is 9.81. The Kier molecular flexibility index (Phi) is 4.58. The van der Waals surface area contributed by atoms with Crippen LogP contribution in [0.4, 0.5) is 11.5 Å². The SMILES string of the molecule is Cc1cc(B2OC(C)(C)C(C)(C)O2)cc([N+](=O)[O-])c1-n1c(N)c2c(cc1=O)C(=O)NC2=O. The second kappa shape index (κ2) is 6.74. The van der Waals surface area contributed by atoms with Crippen LogP contribution in [0.3, 0.4) is 0 Å². The molecule has 0 aliphatic carbocycles. The van der Waals surface area contributed by atoms with Crippen molar-refractivity contribution in [1.82, 2.24) is 9.88 Å². The number of benzene rings is 1. The molecule has 1 aromatic heterocycles. The highest BCUT2D eigenvalue weighted by molar-refractivity contribution is 6.62. The number of amides is 2. The molecule has 3 heterocycles. The Morgan fingerprint density at radius 2 is 1.66 bits per heavy atom. The number of anilines is 1. The number of carbonyl (C=O) groups excluding carboxylic acids is 2. The lowest BCUT2D eigenvalue weighted by Crippen LogP contribution is -2.41. The Hall–Kier alpha value is -3.51. The first-order chi connectivity index (χ1) is 14.7. The summed E-state index contributed by atoms with van der Waals surface area (Å²) in [5.41, 5.74) is 3.83. The molecule has 12 heteroatoms. The van der Waals surface area contributed by atoms with Gasteiger partial charge >= 0.3 is 7.12 Å². The minimum atomic E-state index is -0.857. The van der Waals surface area contributed by atoms with Gasteiger partial charge in [-0.1, -0.05) is 6.07 Å². The van der Waals surface area contributed by atoms with Crippen LogP contribution in [-0.4, -0.2) is 39.6 Å². The third kappa shape index (κ3) is 3.02. The maximum Gasteiger partial charge on any atom is 0.495 e. The Morgan fingerprint density at radius 1 is 1.06 bits per heavy atom. The van der Waals surface area contributed by atoms with E-state index >= 15 is 0 Å². The summed E-state index contributed by atoms with van der Waals surface area (Å²) >= 11 is 0. The fourth-order valence-electron chi connectivity index (χ4n) is 3.84. The molecule has 3 N–H and O–H groups in total. The molecule has 2 amide bonds. The smallest absolute Gasteiger partial charge is 0.399 e. The first-order valence-electron chi connectivity index (χ1n) is 9.81. The quantitative estimate of drug-likeness (QED) is 0.308. The highest BCUT2D eigenvalue weighted by Crippen LogP contribution is 2.37. The molecule has 0 unspecified atom stereocenters. The summed E-state index contributed by atoms with van der Waals surface area (Å²) in [5, 5.41) is 14.0. The zero-order valence-electron chi connectivity index (χ0n) is 18.1. The molecule has 0 radical (unpaired) electrons. The van der Waals surface area contributed by atoms with Crippen molar-refractivity contribution < 1.29 is 23.8 Å². The molecule has 0 atom stereocenters. The molecule has 1 fully saturated rings. The maximum atomic E-state index is 12.8. The van der Waals surface area contributed by atoms with E-state index in [1.165, 1.54) is 6.07 Å². The second-order valence-electron chi connectivity index (χ2n) is 8.83. The minimum absolute atomic E-state index is 0.104. The molecule has 2 aliphatic rings. The fourth-order valence-corrected chi connectivity index (χ4v) is 3.84. The summed E-state index contributed by atoms with van der Waals surface area (Å²) < 4.78 is 12.9. The highest BCUT2D eigenvalue weighted by atomic mass is 16.7. The topological polar surface area (TPSA) is 156 Å². The average molecular weight is 440 g/mol. The van der Waals surface area contributed by atoms with Crippen molar-refractivity contribution in [2.45, 2.75) is 45.8 Å². The number of fused-ring (bicyclic) bond motifs is 1. The molecule has 0 spiro atoms. The molecule has 4 rings (SSSR count). The molecule has 1 saturated heterocycles. The van der Waals surface area contributed by atoms with Gasteiger partial charge in [-0.2, -0.15) is 0 Å². The van der Waals surface area contributed by atoms with Gasteiger partial charge in [0, 0.05) is 12.1 Å². The highest BCUT2D eigenvalue weighted by Gasteiger charge is 2.52. The number of carbonyl (C=O) groups is 2. The van der Waals surface area contributed by atoms with E-state index in [0.29, 0.717) is 11.0 Å². The molecular formula is C20H21BN4O7. The molecule has 32 heavy (non-hydrogen) atoms. The first kappa shape index (κ1) is 21.7. The van der Waals surface area contributed by atoms with Crippen LogP contribution in [0.15, 0.2) is 23.0 Å². The van der Waals surface area contributed by atoms with Crippen LogP contribution in [0.5, 0.6) is 0 Å². The number of aryl methyl sites for hydroxylation is 1. The van der Waals surface area contributed by atoms with Gasteiger partial charge in [0.1, 0.15) is 11.5 Å². The number of rotatable bonds is 3. The molecule has 1 aromatic carbocycles. The standard InChI is InChI=1S/C20H21BN4O7/c1-9-6-10(21-31-19(2,3)20(4,5)32-21)7-12(25(29)30)15(9)24-13(26)8-11-14(16(24)22)18(28)23-17(11)27/h6-8H,22H2,1-5H3,(H,23,27,28). The Morgan fingerprint density at radius 3 is 2.22 bits per heavy atom. The number of hydrogen-bond acceptors (Lipinski definition) is 8. The van der Waals surface area contributed by atoms with Crippen LogP contribution < -0.4 is 22.1 Å². The lowest BCUT2D eigenvalue weighted by Gasteiger charge is -2.32. The van der Waals surface area contributed by atoms with E-state index in [1.807, 2.05) is 27.7 Å².